The number of aromatic nitrogens is 3. The van der Waals surface area contributed by atoms with Gasteiger partial charge in [0.2, 0.25) is 5.91 Å². The molecule has 0 saturated heterocycles. The van der Waals surface area contributed by atoms with Gasteiger partial charge in [0.05, 0.1) is 12.3 Å². The maximum Gasteiger partial charge on any atom is 0.435 e. The Morgan fingerprint density at radius 1 is 1.33 bits per heavy atom. The maximum absolute atomic E-state index is 12.5. The highest BCUT2D eigenvalue weighted by atomic mass is 32.1. The summed E-state index contributed by atoms with van der Waals surface area (Å²) >= 11 is 1.24. The van der Waals surface area contributed by atoms with Crippen LogP contribution in [0.4, 0.5) is 18.3 Å². The SMILES string of the molecule is O=C(Cn1ccc(C(F)(F)F)n1)Nc1nc(-c2ccc3c(c2)CCO3)cs1. The van der Waals surface area contributed by atoms with E-state index in [1.54, 1.807) is 0 Å². The fraction of sp³-hybridized carbons (Fsp3) is 0.235. The summed E-state index contributed by atoms with van der Waals surface area (Å²) in [5, 5.41) is 8.11. The Hall–Kier alpha value is -2.88. The van der Waals surface area contributed by atoms with Crippen LogP contribution in [-0.4, -0.2) is 27.3 Å². The van der Waals surface area contributed by atoms with E-state index >= 15 is 0 Å². The molecule has 0 fully saturated rings. The van der Waals surface area contributed by atoms with Crippen LogP contribution in [0.3, 0.4) is 0 Å². The molecule has 3 heterocycles. The lowest BCUT2D eigenvalue weighted by molar-refractivity contribution is -0.141. The van der Waals surface area contributed by atoms with E-state index in [-0.39, 0.29) is 6.54 Å². The van der Waals surface area contributed by atoms with Gasteiger partial charge in [-0.05, 0) is 29.8 Å². The molecule has 140 valence electrons. The van der Waals surface area contributed by atoms with Crippen LogP contribution >= 0.6 is 11.3 Å². The molecule has 6 nitrogen and oxygen atoms in total. The van der Waals surface area contributed by atoms with Crippen molar-refractivity contribution >= 4 is 22.4 Å². The number of benzene rings is 1. The summed E-state index contributed by atoms with van der Waals surface area (Å²) < 4.78 is 44.0. The van der Waals surface area contributed by atoms with Gasteiger partial charge in [0.15, 0.2) is 10.8 Å². The standard InChI is InChI=1S/C17H13F3N4O2S/c18-17(19,20)14-3-5-24(23-14)8-15(25)22-16-21-12(9-27-16)10-1-2-13-11(7-10)4-6-26-13/h1-3,5,7,9H,4,6,8H2,(H,21,22,25). The molecule has 0 radical (unpaired) electrons. The normalized spacial score (nSPS) is 13.3. The van der Waals surface area contributed by atoms with Crippen molar-refractivity contribution in [2.75, 3.05) is 11.9 Å². The average Bonchev–Trinajstić information content (AvgIpc) is 3.33. The van der Waals surface area contributed by atoms with Gasteiger partial charge in [0.1, 0.15) is 12.3 Å². The van der Waals surface area contributed by atoms with Crippen molar-refractivity contribution in [2.24, 2.45) is 0 Å². The van der Waals surface area contributed by atoms with E-state index in [4.69, 9.17) is 4.74 Å². The minimum Gasteiger partial charge on any atom is -0.493 e. The van der Waals surface area contributed by atoms with Crippen LogP contribution in [0.15, 0.2) is 35.8 Å². The van der Waals surface area contributed by atoms with Gasteiger partial charge < -0.3 is 10.1 Å². The molecule has 1 aromatic carbocycles. The number of thiazole rings is 1. The summed E-state index contributed by atoms with van der Waals surface area (Å²) in [7, 11) is 0. The van der Waals surface area contributed by atoms with Crippen LogP contribution in [0.25, 0.3) is 11.3 Å². The number of ether oxygens (including phenoxy) is 1. The van der Waals surface area contributed by atoms with Crippen molar-refractivity contribution in [3.8, 4) is 17.0 Å². The zero-order chi connectivity index (χ0) is 19.0. The second-order valence-corrected chi connectivity index (χ2v) is 6.76. The first-order valence-corrected chi connectivity index (χ1v) is 8.88. The van der Waals surface area contributed by atoms with Crippen molar-refractivity contribution in [1.29, 1.82) is 0 Å². The van der Waals surface area contributed by atoms with Crippen molar-refractivity contribution in [3.05, 3.63) is 47.1 Å². The Morgan fingerprint density at radius 2 is 2.19 bits per heavy atom. The lowest BCUT2D eigenvalue weighted by Crippen LogP contribution is -2.19. The van der Waals surface area contributed by atoms with Gasteiger partial charge in [-0.3, -0.25) is 9.48 Å². The van der Waals surface area contributed by atoms with Gasteiger partial charge in [-0.15, -0.1) is 11.3 Å². The van der Waals surface area contributed by atoms with Gasteiger partial charge in [-0.1, -0.05) is 0 Å². The largest absolute Gasteiger partial charge is 0.493 e. The number of fused-ring (bicyclic) bond motifs is 1. The smallest absolute Gasteiger partial charge is 0.435 e. The molecule has 3 aromatic rings. The van der Waals surface area contributed by atoms with E-state index in [0.717, 1.165) is 40.2 Å². The summed E-state index contributed by atoms with van der Waals surface area (Å²) in [4.78, 5) is 16.4. The Labute approximate surface area is 155 Å². The second kappa shape index (κ2) is 6.69. The first-order valence-electron chi connectivity index (χ1n) is 8.00. The number of alkyl halides is 3. The lowest BCUT2D eigenvalue weighted by atomic mass is 10.1. The van der Waals surface area contributed by atoms with Crippen LogP contribution in [-0.2, 0) is 23.9 Å². The first-order chi connectivity index (χ1) is 12.9. The van der Waals surface area contributed by atoms with Crippen molar-refractivity contribution in [3.63, 3.8) is 0 Å². The molecule has 0 spiro atoms. The molecule has 0 unspecified atom stereocenters. The van der Waals surface area contributed by atoms with Gasteiger partial charge in [-0.2, -0.15) is 18.3 Å². The van der Waals surface area contributed by atoms with E-state index in [1.807, 2.05) is 23.6 Å². The summed E-state index contributed by atoms with van der Waals surface area (Å²) in [6.07, 6.45) is -2.57. The number of amides is 1. The quantitative estimate of drug-likeness (QED) is 0.734. The van der Waals surface area contributed by atoms with E-state index in [0.29, 0.717) is 17.4 Å². The second-order valence-electron chi connectivity index (χ2n) is 5.90. The Bertz CT molecular complexity index is 996. The van der Waals surface area contributed by atoms with E-state index in [9.17, 15) is 18.0 Å². The van der Waals surface area contributed by atoms with Gasteiger partial charge in [0, 0.05) is 23.6 Å². The number of halogens is 3. The molecule has 1 aliphatic heterocycles. The molecule has 1 N–H and O–H groups in total. The summed E-state index contributed by atoms with van der Waals surface area (Å²) in [6, 6.07) is 6.62. The summed E-state index contributed by atoms with van der Waals surface area (Å²) in [5.74, 6) is 0.370. The van der Waals surface area contributed by atoms with Gasteiger partial charge in [0.25, 0.3) is 0 Å². The minimum absolute atomic E-state index is 0.332. The highest BCUT2D eigenvalue weighted by Crippen LogP contribution is 2.32. The molecule has 4 rings (SSSR count). The third-order valence-corrected chi connectivity index (χ3v) is 4.73. The third kappa shape index (κ3) is 3.80. The van der Waals surface area contributed by atoms with E-state index in [2.05, 4.69) is 15.4 Å². The number of carbonyl (C=O) groups excluding carboxylic acids is 1. The number of anilines is 1. The number of hydrogen-bond acceptors (Lipinski definition) is 5. The van der Waals surface area contributed by atoms with E-state index in [1.165, 1.54) is 11.3 Å². The Balaban J connectivity index is 1.42. The highest BCUT2D eigenvalue weighted by Gasteiger charge is 2.33. The molecule has 0 aliphatic carbocycles. The number of carbonyl (C=O) groups is 1. The number of hydrogen-bond donors (Lipinski definition) is 1. The molecule has 2 aromatic heterocycles. The fourth-order valence-corrected chi connectivity index (χ4v) is 3.45. The molecule has 1 amide bonds. The monoisotopic (exact) mass is 394 g/mol. The Morgan fingerprint density at radius 3 is 2.96 bits per heavy atom. The number of nitrogens with one attached hydrogen (secondary N) is 1. The molecule has 10 heteroatoms. The summed E-state index contributed by atoms with van der Waals surface area (Å²) in [5.41, 5.74) is 1.71. The zero-order valence-electron chi connectivity index (χ0n) is 13.8. The topological polar surface area (TPSA) is 69.0 Å². The fourth-order valence-electron chi connectivity index (χ4n) is 2.72. The number of rotatable bonds is 4. The lowest BCUT2D eigenvalue weighted by Gasteiger charge is -2.03. The van der Waals surface area contributed by atoms with Crippen molar-refractivity contribution < 1.29 is 22.7 Å². The van der Waals surface area contributed by atoms with Crippen molar-refractivity contribution in [1.82, 2.24) is 14.8 Å². The molecule has 0 atom stereocenters. The zero-order valence-corrected chi connectivity index (χ0v) is 14.6. The van der Waals surface area contributed by atoms with Gasteiger partial charge in [-0.25, -0.2) is 4.98 Å². The first kappa shape index (κ1) is 17.5. The molecular weight excluding hydrogens is 381 g/mol. The Kier molecular flexibility index (Phi) is 4.34. The van der Waals surface area contributed by atoms with Crippen LogP contribution < -0.4 is 10.1 Å². The van der Waals surface area contributed by atoms with Gasteiger partial charge >= 0.3 is 6.18 Å². The predicted octanol–water partition coefficient (Wildman–Crippen LogP) is 3.60. The molecule has 0 saturated carbocycles. The number of nitrogens with zero attached hydrogens (tertiary/aromatic N) is 3. The average molecular weight is 394 g/mol. The van der Waals surface area contributed by atoms with Crippen LogP contribution in [0.2, 0.25) is 0 Å². The van der Waals surface area contributed by atoms with Crippen molar-refractivity contribution in [2.45, 2.75) is 19.1 Å². The predicted molar refractivity (Wildman–Crippen MR) is 92.6 cm³/mol. The minimum atomic E-state index is -4.53. The molecule has 0 bridgehead atoms. The molecule has 1 aliphatic rings. The van der Waals surface area contributed by atoms with Crippen LogP contribution in [0.5, 0.6) is 5.75 Å². The molecular formula is C17H13F3N4O2S. The molecule has 27 heavy (non-hydrogen) atoms. The van der Waals surface area contributed by atoms with Crippen LogP contribution in [0, 0.1) is 0 Å². The van der Waals surface area contributed by atoms with Crippen LogP contribution in [0.1, 0.15) is 11.3 Å². The summed E-state index contributed by atoms with van der Waals surface area (Å²) in [6.45, 7) is 0.335. The maximum atomic E-state index is 12.5. The third-order valence-electron chi connectivity index (χ3n) is 3.97. The van der Waals surface area contributed by atoms with E-state index < -0.39 is 17.8 Å². The highest BCUT2D eigenvalue weighted by molar-refractivity contribution is 7.14.